The number of thiazole rings is 1. The summed E-state index contributed by atoms with van der Waals surface area (Å²) in [7, 11) is 2.04. The number of aryl methyl sites for hydroxylation is 1. The van der Waals surface area contributed by atoms with Crippen molar-refractivity contribution < 1.29 is 8.83 Å². The minimum atomic E-state index is 0.660. The summed E-state index contributed by atoms with van der Waals surface area (Å²) in [6.45, 7) is 21.8. The van der Waals surface area contributed by atoms with Crippen LogP contribution in [0.1, 0.15) is 137 Å². The Labute approximate surface area is 570 Å². The molecule has 17 heteroatoms. The second-order valence-corrected chi connectivity index (χ2v) is 20.4. The van der Waals surface area contributed by atoms with E-state index in [-0.39, 0.29) is 0 Å². The Morgan fingerprint density at radius 1 is 0.372 bits per heavy atom. The zero-order valence-corrected chi connectivity index (χ0v) is 58.5. The maximum Gasteiger partial charge on any atom is 0.218 e. The lowest BCUT2D eigenvalue weighted by atomic mass is 10.2. The van der Waals surface area contributed by atoms with E-state index in [1.165, 1.54) is 50.8 Å². The molecule has 14 nitrogen and oxygen atoms in total. The molecule has 0 spiro atoms. The van der Waals surface area contributed by atoms with Gasteiger partial charge < -0.3 is 13.4 Å². The third kappa shape index (κ3) is 45.6. The molecule has 0 N–H and O–H groups in total. The highest BCUT2D eigenvalue weighted by Crippen LogP contribution is 2.10. The van der Waals surface area contributed by atoms with E-state index in [0.717, 1.165) is 22.3 Å². The number of oxazole rings is 1. The molecule has 488 valence electrons. The summed E-state index contributed by atoms with van der Waals surface area (Å²) in [6, 6.07) is 30.1. The largest absolute Gasteiger partial charge is 0.465 e. The molecule has 0 aliphatic heterocycles. The molecule has 0 radical (unpaired) electrons. The van der Waals surface area contributed by atoms with E-state index in [9.17, 15) is 0 Å². The van der Waals surface area contributed by atoms with Gasteiger partial charge in [-0.15, -0.1) is 22.7 Å². The van der Waals surface area contributed by atoms with Crippen molar-refractivity contribution in [2.24, 2.45) is 7.05 Å². The molecule has 0 amide bonds. The van der Waals surface area contributed by atoms with Gasteiger partial charge in [-0.3, -0.25) is 15.0 Å². The van der Waals surface area contributed by atoms with Crippen molar-refractivity contribution in [2.45, 2.75) is 76.2 Å². The molecule has 0 fully saturated rings. The molecule has 10 aromatic heterocycles. The summed E-state index contributed by atoms with van der Waals surface area (Å²) in [5, 5.41) is 5.12. The number of hydrogen-bond donors (Lipinski definition) is 0. The number of allylic oxidation sites excluding steroid dienone is 11. The Kier molecular flexibility index (Phi) is 52.0. The maximum atomic E-state index is 4.99. The van der Waals surface area contributed by atoms with Crippen LogP contribution < -0.4 is 0 Å². The average molecular weight is 1310 g/mol. The van der Waals surface area contributed by atoms with Crippen LogP contribution in [0.2, 0.25) is 0 Å². The van der Waals surface area contributed by atoms with Gasteiger partial charge in [-0.1, -0.05) is 115 Å². The average Bonchev–Trinajstić information content (AvgIpc) is 4.01. The number of aromatic nitrogens is 12. The molecule has 94 heavy (non-hydrogen) atoms. The van der Waals surface area contributed by atoms with E-state index in [0.29, 0.717) is 11.7 Å². The monoisotopic (exact) mass is 1310 g/mol. The minimum Gasteiger partial charge on any atom is -0.465 e. The smallest absolute Gasteiger partial charge is 0.218 e. The van der Waals surface area contributed by atoms with E-state index < -0.39 is 0 Å². The molecule has 0 atom stereocenters. The summed E-state index contributed by atoms with van der Waals surface area (Å²) in [6.07, 6.45) is 68.8. The van der Waals surface area contributed by atoms with Crippen LogP contribution in [0.3, 0.4) is 0 Å². The first kappa shape index (κ1) is 81.4. The van der Waals surface area contributed by atoms with E-state index in [2.05, 4.69) is 113 Å². The fraction of sp³-hybridized carbons (Fsp3) is 0.156. The molecule has 1 aromatic carbocycles. The second kappa shape index (κ2) is 60.0. The first-order valence-corrected chi connectivity index (χ1v) is 32.6. The third-order valence-corrected chi connectivity index (χ3v) is 12.5. The van der Waals surface area contributed by atoms with E-state index in [1.54, 1.807) is 109 Å². The van der Waals surface area contributed by atoms with Crippen molar-refractivity contribution in [1.82, 2.24) is 58.8 Å². The van der Waals surface area contributed by atoms with E-state index in [1.807, 2.05) is 259 Å². The molecular formula is C77H90N12O2S3. The number of benzene rings is 1. The van der Waals surface area contributed by atoms with Crippen LogP contribution >= 0.6 is 34.2 Å². The Morgan fingerprint density at radius 2 is 1.00 bits per heavy atom. The Morgan fingerprint density at radius 3 is 1.50 bits per heavy atom. The van der Waals surface area contributed by atoms with Gasteiger partial charge in [0.1, 0.15) is 29.7 Å². The van der Waals surface area contributed by atoms with Crippen LogP contribution in [-0.2, 0) is 7.05 Å². The highest BCUT2D eigenvalue weighted by atomic mass is 32.1. The SMILES string of the molecule is C/C=C/c1ccccc1.C/C=C/c1cccn1C.C/C=C/c1ccco1.C/C=C/c1cccs1.C/C=C/c1ccncc1.C/C=C/c1ccns1.C/C=C/c1cnccn1.C/C=C/c1ncccn1.C/C=C/c1ncco1.C/C=C/c1nccs1.C/C=C/c1ncncn1. The number of furan rings is 1. The predicted molar refractivity (Wildman–Crippen MR) is 406 cm³/mol. The lowest BCUT2D eigenvalue weighted by Crippen LogP contribution is -1.85. The van der Waals surface area contributed by atoms with Gasteiger partial charge >= 0.3 is 0 Å². The number of pyridine rings is 1. The third-order valence-electron chi connectivity index (χ3n) is 10.3. The van der Waals surface area contributed by atoms with Gasteiger partial charge in [0.2, 0.25) is 5.89 Å². The van der Waals surface area contributed by atoms with Gasteiger partial charge in [-0.25, -0.2) is 39.3 Å². The van der Waals surface area contributed by atoms with Crippen molar-refractivity contribution in [3.63, 3.8) is 0 Å². The van der Waals surface area contributed by atoms with Crippen LogP contribution in [-0.4, -0.2) is 58.8 Å². The van der Waals surface area contributed by atoms with Crippen LogP contribution in [0.15, 0.2) is 271 Å². The first-order chi connectivity index (χ1) is 46.2. The van der Waals surface area contributed by atoms with Crippen LogP contribution in [0.4, 0.5) is 0 Å². The lowest BCUT2D eigenvalue weighted by Gasteiger charge is -1.92. The summed E-state index contributed by atoms with van der Waals surface area (Å²) < 4.78 is 15.9. The Bertz CT molecular complexity index is 3190. The molecule has 0 saturated carbocycles. The van der Waals surface area contributed by atoms with Crippen molar-refractivity contribution in [3.8, 4) is 0 Å². The Balaban J connectivity index is 0.000000517. The zero-order chi connectivity index (χ0) is 68.4. The zero-order valence-electron chi connectivity index (χ0n) is 56.1. The Hall–Kier alpha value is -10.6. The summed E-state index contributed by atoms with van der Waals surface area (Å²) in [5.74, 6) is 3.03. The minimum absolute atomic E-state index is 0.660. The number of nitrogens with zero attached hydrogens (tertiary/aromatic N) is 12. The standard InChI is InChI=1S/C9H10.C8H11N.C8H9N.2C7H8N2.C7H8O.C7H8S.C6H7N3.C6H7NO.2C6H7NS/c1-2-6-9-7-4-3-5-8-9;1-3-5-8-6-4-7-9(8)2;1-2-3-8-4-6-9-7-5-8;1-2-4-7-8-5-3-6-9-7;1-2-3-7-6-8-4-5-9-7;2*1-2-4-7-5-3-6-8-7;1-2-3-6-8-4-7-5-9-6;2*1-2-3-6-7-4-5-8-6;1-2-3-6-4-5-7-8-6/h2-8H,1H3;3-7H,1-2H3;2-7H,1H3;2*2-6H,1H3;2*2-6H,1H3;2-5H,1H3;3*2-5H,1H3/b6-2+;5-3+;3-2+;4-2+;3-2+;2*4-2+;4*3-2+. The fourth-order valence-corrected chi connectivity index (χ4v) is 8.18. The van der Waals surface area contributed by atoms with E-state index >= 15 is 0 Å². The van der Waals surface area contributed by atoms with Crippen molar-refractivity contribution in [1.29, 1.82) is 0 Å². The second-order valence-electron chi connectivity index (χ2n) is 17.7. The normalized spacial score (nSPS) is 10.5. The highest BCUT2D eigenvalue weighted by molar-refractivity contribution is 7.11. The van der Waals surface area contributed by atoms with Crippen molar-refractivity contribution in [3.05, 3.63) is 323 Å². The molecule has 0 aliphatic carbocycles. The molecule has 0 unspecified atom stereocenters. The van der Waals surface area contributed by atoms with Gasteiger partial charge in [-0.2, -0.15) is 0 Å². The predicted octanol–water partition coefficient (Wildman–Crippen LogP) is 22.0. The number of hydrogen-bond acceptors (Lipinski definition) is 16. The van der Waals surface area contributed by atoms with E-state index in [4.69, 9.17) is 8.83 Å². The van der Waals surface area contributed by atoms with Crippen molar-refractivity contribution in [2.75, 3.05) is 0 Å². The van der Waals surface area contributed by atoms with Gasteiger partial charge in [0.15, 0.2) is 11.6 Å². The molecule has 11 rings (SSSR count). The van der Waals surface area contributed by atoms with Crippen molar-refractivity contribution >= 4 is 101 Å². The topological polar surface area (TPSA) is 173 Å². The van der Waals surface area contributed by atoms with Gasteiger partial charge in [0, 0.05) is 83.6 Å². The first-order valence-electron chi connectivity index (χ1n) is 30.0. The van der Waals surface area contributed by atoms with Crippen LogP contribution in [0, 0.1) is 0 Å². The number of thiophene rings is 1. The molecule has 0 bridgehead atoms. The fourth-order valence-electron chi connectivity index (χ4n) is 6.33. The molecule has 0 aliphatic rings. The molecule has 11 aromatic rings. The van der Waals surface area contributed by atoms with Gasteiger partial charge in [0.05, 0.1) is 24.4 Å². The van der Waals surface area contributed by atoms with Crippen LogP contribution in [0.5, 0.6) is 0 Å². The molecule has 10 heterocycles. The van der Waals surface area contributed by atoms with Gasteiger partial charge in [0.25, 0.3) is 0 Å². The van der Waals surface area contributed by atoms with Gasteiger partial charge in [-0.05, 0) is 213 Å². The quantitative estimate of drug-likeness (QED) is 0.120. The summed E-state index contributed by atoms with van der Waals surface area (Å²) in [4.78, 5) is 41.6. The molecule has 0 saturated heterocycles. The number of rotatable bonds is 11. The summed E-state index contributed by atoms with van der Waals surface area (Å²) in [5.41, 5.74) is 4.62. The maximum absolute atomic E-state index is 4.99. The summed E-state index contributed by atoms with van der Waals surface area (Å²) >= 11 is 4.92. The molecular weight excluding hydrogens is 1220 g/mol. The lowest BCUT2D eigenvalue weighted by molar-refractivity contribution is 0.546. The highest BCUT2D eigenvalue weighted by Gasteiger charge is 1.89. The van der Waals surface area contributed by atoms with Crippen LogP contribution in [0.25, 0.3) is 66.8 Å².